The Morgan fingerprint density at radius 2 is 2.20 bits per heavy atom. The first kappa shape index (κ1) is 19.9. The van der Waals surface area contributed by atoms with Crippen molar-refractivity contribution in [1.82, 2.24) is 20.2 Å². The fourth-order valence-electron chi connectivity index (χ4n) is 3.83. The molecule has 3 N–H and O–H groups in total. The number of likely N-dealkylation sites (tertiary alicyclic amines) is 1. The number of aromatic amines is 1. The number of hydrogen-bond acceptors (Lipinski definition) is 3. The van der Waals surface area contributed by atoms with Gasteiger partial charge in [0.15, 0.2) is 0 Å². The molecule has 0 bridgehead atoms. The molecule has 30 heavy (non-hydrogen) atoms. The number of piperidine rings is 1. The van der Waals surface area contributed by atoms with Crippen molar-refractivity contribution in [2.75, 3.05) is 25.0 Å². The third-order valence-corrected chi connectivity index (χ3v) is 5.42. The van der Waals surface area contributed by atoms with Gasteiger partial charge in [-0.1, -0.05) is 6.07 Å². The number of nitrogens with one attached hydrogen (secondary N) is 3. The van der Waals surface area contributed by atoms with Crippen LogP contribution in [0.2, 0.25) is 0 Å². The zero-order valence-electron chi connectivity index (χ0n) is 16.7. The molecule has 7 nitrogen and oxygen atoms in total. The van der Waals surface area contributed by atoms with E-state index in [0.29, 0.717) is 30.9 Å². The van der Waals surface area contributed by atoms with Crippen LogP contribution in [0.5, 0.6) is 0 Å². The molecule has 0 saturated carbocycles. The monoisotopic (exact) mass is 409 g/mol. The fourth-order valence-corrected chi connectivity index (χ4v) is 3.83. The van der Waals surface area contributed by atoms with Gasteiger partial charge in [-0.3, -0.25) is 4.79 Å². The molecule has 1 atom stereocenters. The Balaban J connectivity index is 1.33. The van der Waals surface area contributed by atoms with Crippen LogP contribution in [0.3, 0.4) is 0 Å². The van der Waals surface area contributed by atoms with Gasteiger partial charge in [0.2, 0.25) is 0 Å². The molecule has 0 radical (unpaired) electrons. The first-order valence-corrected chi connectivity index (χ1v) is 10.0. The van der Waals surface area contributed by atoms with Crippen molar-refractivity contribution >= 4 is 28.7 Å². The van der Waals surface area contributed by atoms with E-state index in [4.69, 9.17) is 0 Å². The zero-order chi connectivity index (χ0) is 21.1. The number of nitrogens with zero attached hydrogens (tertiary/aromatic N) is 2. The molecular weight excluding hydrogens is 385 g/mol. The summed E-state index contributed by atoms with van der Waals surface area (Å²) in [7, 11) is 0. The molecule has 1 aliphatic rings. The summed E-state index contributed by atoms with van der Waals surface area (Å²) >= 11 is 0. The zero-order valence-corrected chi connectivity index (χ0v) is 16.7. The van der Waals surface area contributed by atoms with Crippen molar-refractivity contribution < 1.29 is 14.0 Å². The molecule has 1 fully saturated rings. The Bertz CT molecular complexity index is 1080. The summed E-state index contributed by atoms with van der Waals surface area (Å²) in [5, 5.41) is 6.39. The number of rotatable bonds is 4. The summed E-state index contributed by atoms with van der Waals surface area (Å²) < 4.78 is 13.2. The number of fused-ring (bicyclic) bond motifs is 1. The van der Waals surface area contributed by atoms with Crippen LogP contribution in [0.1, 0.15) is 28.8 Å². The van der Waals surface area contributed by atoms with Crippen LogP contribution >= 0.6 is 0 Å². The Morgan fingerprint density at radius 3 is 3.03 bits per heavy atom. The summed E-state index contributed by atoms with van der Waals surface area (Å²) in [6.07, 6.45) is 5.29. The van der Waals surface area contributed by atoms with Crippen LogP contribution in [-0.4, -0.2) is 46.4 Å². The Hall–Kier alpha value is -3.42. The molecule has 3 aromatic rings. The maximum Gasteiger partial charge on any atom is 0.319 e. The van der Waals surface area contributed by atoms with Crippen LogP contribution in [-0.2, 0) is 0 Å². The van der Waals surface area contributed by atoms with E-state index in [1.165, 1.54) is 18.2 Å². The number of carbonyl (C=O) groups excluding carboxylic acids is 2. The minimum absolute atomic E-state index is 0.0427. The highest BCUT2D eigenvalue weighted by Crippen LogP contribution is 2.21. The van der Waals surface area contributed by atoms with Crippen molar-refractivity contribution in [1.29, 1.82) is 0 Å². The molecule has 0 spiro atoms. The number of anilines is 1. The lowest BCUT2D eigenvalue weighted by molar-refractivity contribution is 0.0675. The van der Waals surface area contributed by atoms with Gasteiger partial charge in [0.1, 0.15) is 11.5 Å². The number of benzene rings is 1. The van der Waals surface area contributed by atoms with E-state index >= 15 is 0 Å². The number of amides is 3. The van der Waals surface area contributed by atoms with Crippen LogP contribution in [0.4, 0.5) is 14.9 Å². The average molecular weight is 409 g/mol. The second kappa shape index (κ2) is 8.52. The van der Waals surface area contributed by atoms with E-state index in [9.17, 15) is 14.0 Å². The molecule has 1 saturated heterocycles. The Labute approximate surface area is 173 Å². The van der Waals surface area contributed by atoms with E-state index in [0.717, 1.165) is 29.4 Å². The van der Waals surface area contributed by atoms with Gasteiger partial charge in [-0.05, 0) is 55.5 Å². The van der Waals surface area contributed by atoms with E-state index in [2.05, 4.69) is 20.6 Å². The first-order valence-electron chi connectivity index (χ1n) is 10.0. The van der Waals surface area contributed by atoms with Crippen molar-refractivity contribution in [3.05, 3.63) is 59.7 Å². The van der Waals surface area contributed by atoms with Gasteiger partial charge in [0.25, 0.3) is 5.91 Å². The minimum Gasteiger partial charge on any atom is -0.346 e. The lowest BCUT2D eigenvalue weighted by Crippen LogP contribution is -2.44. The van der Waals surface area contributed by atoms with Crippen molar-refractivity contribution in [3.8, 4) is 0 Å². The number of aromatic nitrogens is 2. The molecule has 1 unspecified atom stereocenters. The topological polar surface area (TPSA) is 90.1 Å². The maximum absolute atomic E-state index is 13.2. The van der Waals surface area contributed by atoms with E-state index in [1.807, 2.05) is 24.1 Å². The predicted octanol–water partition coefficient (Wildman–Crippen LogP) is 3.68. The highest BCUT2D eigenvalue weighted by Gasteiger charge is 2.25. The molecular formula is C22H24FN5O2. The van der Waals surface area contributed by atoms with Gasteiger partial charge < -0.3 is 20.5 Å². The number of carbonyl (C=O) groups is 2. The SMILES string of the molecule is Cc1c[nH]c2ncc(C(=O)N3CCCC(CNC(=O)Nc4cccc(F)c4)C3)cc12. The standard InChI is InChI=1S/C22H24FN5O2/c1-14-10-24-20-19(14)8-16(12-25-20)21(29)28-7-3-4-15(13-28)11-26-22(30)27-18-6-2-5-17(23)9-18/h2,5-6,8-10,12,15H,3-4,7,11,13H2,1H3,(H,24,25)(H2,26,27,30). The highest BCUT2D eigenvalue weighted by molar-refractivity contribution is 5.97. The summed E-state index contributed by atoms with van der Waals surface area (Å²) in [6, 6.07) is 7.24. The number of pyridine rings is 1. The first-order chi connectivity index (χ1) is 14.5. The van der Waals surface area contributed by atoms with Crippen LogP contribution in [0.15, 0.2) is 42.7 Å². The van der Waals surface area contributed by atoms with Gasteiger partial charge >= 0.3 is 6.03 Å². The lowest BCUT2D eigenvalue weighted by atomic mass is 9.97. The molecule has 1 aliphatic heterocycles. The quantitative estimate of drug-likeness (QED) is 0.614. The molecule has 156 valence electrons. The second-order valence-electron chi connectivity index (χ2n) is 7.70. The molecule has 3 amide bonds. The van der Waals surface area contributed by atoms with Crippen molar-refractivity contribution in [2.24, 2.45) is 5.92 Å². The van der Waals surface area contributed by atoms with E-state index in [-0.39, 0.29) is 17.9 Å². The average Bonchev–Trinajstić information content (AvgIpc) is 3.12. The summed E-state index contributed by atoms with van der Waals surface area (Å²) in [4.78, 5) is 34.3. The largest absolute Gasteiger partial charge is 0.346 e. The molecule has 1 aromatic carbocycles. The number of halogens is 1. The van der Waals surface area contributed by atoms with Gasteiger partial charge in [0, 0.05) is 43.1 Å². The fraction of sp³-hybridized carbons (Fsp3) is 0.318. The van der Waals surface area contributed by atoms with Gasteiger partial charge in [-0.15, -0.1) is 0 Å². The van der Waals surface area contributed by atoms with Crippen LogP contribution in [0, 0.1) is 18.7 Å². The highest BCUT2D eigenvalue weighted by atomic mass is 19.1. The number of urea groups is 1. The minimum atomic E-state index is -0.406. The molecule has 2 aromatic heterocycles. The lowest BCUT2D eigenvalue weighted by Gasteiger charge is -2.33. The van der Waals surface area contributed by atoms with Crippen molar-refractivity contribution in [3.63, 3.8) is 0 Å². The van der Waals surface area contributed by atoms with Gasteiger partial charge in [-0.2, -0.15) is 0 Å². The van der Waals surface area contributed by atoms with Gasteiger partial charge in [-0.25, -0.2) is 14.2 Å². The third-order valence-electron chi connectivity index (χ3n) is 5.42. The van der Waals surface area contributed by atoms with E-state index in [1.54, 1.807) is 12.3 Å². The van der Waals surface area contributed by atoms with E-state index < -0.39 is 5.82 Å². The van der Waals surface area contributed by atoms with Crippen LogP contribution in [0.25, 0.3) is 11.0 Å². The normalized spacial score (nSPS) is 16.5. The number of aryl methyl sites for hydroxylation is 1. The third kappa shape index (κ3) is 4.42. The molecule has 4 rings (SSSR count). The Kier molecular flexibility index (Phi) is 5.65. The molecule has 8 heteroatoms. The maximum atomic E-state index is 13.2. The second-order valence-corrected chi connectivity index (χ2v) is 7.70. The number of H-pyrrole nitrogens is 1. The van der Waals surface area contributed by atoms with Crippen LogP contribution < -0.4 is 10.6 Å². The predicted molar refractivity (Wildman–Crippen MR) is 113 cm³/mol. The summed E-state index contributed by atoms with van der Waals surface area (Å²) in [5.41, 5.74) is 2.80. The molecule has 3 heterocycles. The Morgan fingerprint density at radius 1 is 1.33 bits per heavy atom. The number of hydrogen-bond donors (Lipinski definition) is 3. The van der Waals surface area contributed by atoms with Gasteiger partial charge in [0.05, 0.1) is 5.56 Å². The van der Waals surface area contributed by atoms with Crippen molar-refractivity contribution in [2.45, 2.75) is 19.8 Å². The summed E-state index contributed by atoms with van der Waals surface area (Å²) in [5.74, 6) is -0.290. The summed E-state index contributed by atoms with van der Waals surface area (Å²) in [6.45, 7) is 3.68. The molecule has 0 aliphatic carbocycles. The smallest absolute Gasteiger partial charge is 0.319 e.